The molecule has 1 fully saturated rings. The number of nitriles is 1. The number of hydrogen-bond donors (Lipinski definition) is 1. The van der Waals surface area contributed by atoms with Gasteiger partial charge in [-0.15, -0.1) is 0 Å². The van der Waals surface area contributed by atoms with Crippen molar-refractivity contribution in [1.82, 2.24) is 19.8 Å². The summed E-state index contributed by atoms with van der Waals surface area (Å²) in [6.07, 6.45) is 4.21. The van der Waals surface area contributed by atoms with Gasteiger partial charge in [0, 0.05) is 51.0 Å². The normalized spacial score (nSPS) is 18.4. The summed E-state index contributed by atoms with van der Waals surface area (Å²) in [5.41, 5.74) is 0.617. The van der Waals surface area contributed by atoms with Crippen LogP contribution in [0.25, 0.3) is 0 Å². The third kappa shape index (κ3) is 4.33. The Morgan fingerprint density at radius 2 is 2.17 bits per heavy atom. The van der Waals surface area contributed by atoms with Crippen LogP contribution in [0.15, 0.2) is 24.4 Å². The molecule has 0 spiro atoms. The maximum absolute atomic E-state index is 13.7. The monoisotopic (exact) mass is 411 g/mol. The first-order valence-corrected chi connectivity index (χ1v) is 9.99. The molecule has 2 aliphatic heterocycles. The van der Waals surface area contributed by atoms with E-state index in [0.29, 0.717) is 38.3 Å². The molecule has 1 unspecified atom stereocenters. The van der Waals surface area contributed by atoms with Crippen molar-refractivity contribution in [2.45, 2.75) is 31.9 Å². The second-order valence-electron chi connectivity index (χ2n) is 7.46. The number of carbonyl (C=O) groups excluding carboxylic acids is 2. The number of nitrogens with one attached hydrogen (secondary N) is 1. The molecule has 2 amide bonds. The zero-order valence-electron chi connectivity index (χ0n) is 16.4. The van der Waals surface area contributed by atoms with Gasteiger partial charge >= 0.3 is 0 Å². The minimum absolute atomic E-state index is 0.0679. The van der Waals surface area contributed by atoms with Gasteiger partial charge in [-0.25, -0.2) is 9.37 Å². The Kier molecular flexibility index (Phi) is 5.77. The number of rotatable bonds is 4. The van der Waals surface area contributed by atoms with E-state index < -0.39 is 5.82 Å². The Morgan fingerprint density at radius 1 is 1.30 bits per heavy atom. The fraction of sp³-hybridized carbons (Fsp3) is 0.429. The third-order valence-corrected chi connectivity index (χ3v) is 5.38. The standard InChI is InChI=1S/C21H22FN5O3/c22-16-9-14(11-23)8-15(10-16)21(29)26-4-3-19-25-18(13-27(19)6-5-26)20(28)24-12-17-2-1-7-30-17/h8-10,13,17H,1-7,12H2,(H,24,28). The van der Waals surface area contributed by atoms with Gasteiger partial charge in [-0.1, -0.05) is 0 Å². The predicted octanol–water partition coefficient (Wildman–Crippen LogP) is 1.50. The van der Waals surface area contributed by atoms with E-state index in [2.05, 4.69) is 10.3 Å². The van der Waals surface area contributed by atoms with Gasteiger partial charge in [0.1, 0.15) is 17.3 Å². The highest BCUT2D eigenvalue weighted by molar-refractivity contribution is 5.94. The molecule has 1 saturated heterocycles. The van der Waals surface area contributed by atoms with Gasteiger partial charge in [-0.3, -0.25) is 9.59 Å². The molecule has 0 saturated carbocycles. The van der Waals surface area contributed by atoms with Gasteiger partial charge in [0.15, 0.2) is 0 Å². The molecule has 3 heterocycles. The minimum Gasteiger partial charge on any atom is -0.376 e. The zero-order chi connectivity index (χ0) is 21.1. The summed E-state index contributed by atoms with van der Waals surface area (Å²) in [5, 5.41) is 11.9. The first kappa shape index (κ1) is 20.0. The van der Waals surface area contributed by atoms with Crippen molar-refractivity contribution in [1.29, 1.82) is 5.26 Å². The molecule has 0 bridgehead atoms. The predicted molar refractivity (Wildman–Crippen MR) is 104 cm³/mol. The van der Waals surface area contributed by atoms with Crippen molar-refractivity contribution in [3.63, 3.8) is 0 Å². The molecular formula is C21H22FN5O3. The number of halogens is 1. The van der Waals surface area contributed by atoms with Crippen LogP contribution in [0.4, 0.5) is 4.39 Å². The first-order valence-electron chi connectivity index (χ1n) is 9.99. The molecule has 9 heteroatoms. The highest BCUT2D eigenvalue weighted by Gasteiger charge is 2.24. The summed E-state index contributed by atoms with van der Waals surface area (Å²) >= 11 is 0. The summed E-state index contributed by atoms with van der Waals surface area (Å²) in [5.74, 6) is -0.447. The molecule has 1 aromatic heterocycles. The average Bonchev–Trinajstić information content (AvgIpc) is 3.37. The fourth-order valence-electron chi connectivity index (χ4n) is 3.80. The number of imidazole rings is 1. The van der Waals surface area contributed by atoms with E-state index in [9.17, 15) is 14.0 Å². The third-order valence-electron chi connectivity index (χ3n) is 5.38. The molecular weight excluding hydrogens is 389 g/mol. The second-order valence-corrected chi connectivity index (χ2v) is 7.46. The van der Waals surface area contributed by atoms with Gasteiger partial charge in [0.2, 0.25) is 0 Å². The lowest BCUT2D eigenvalue weighted by molar-refractivity contribution is 0.0757. The van der Waals surface area contributed by atoms with Crippen molar-refractivity contribution >= 4 is 11.8 Å². The van der Waals surface area contributed by atoms with Crippen LogP contribution in [0.1, 0.15) is 45.1 Å². The van der Waals surface area contributed by atoms with Gasteiger partial charge in [-0.05, 0) is 31.0 Å². The number of carbonyl (C=O) groups is 2. The number of amides is 2. The molecule has 1 atom stereocenters. The first-order chi connectivity index (χ1) is 14.5. The van der Waals surface area contributed by atoms with E-state index in [4.69, 9.17) is 10.00 Å². The van der Waals surface area contributed by atoms with E-state index in [1.165, 1.54) is 6.07 Å². The SMILES string of the molecule is N#Cc1cc(F)cc(C(=O)N2CCc3nc(C(=O)NCC4CCCO4)cn3CC2)c1. The Bertz CT molecular complexity index is 981. The van der Waals surface area contributed by atoms with Crippen LogP contribution >= 0.6 is 0 Å². The van der Waals surface area contributed by atoms with E-state index in [1.54, 1.807) is 11.1 Å². The molecule has 156 valence electrons. The van der Waals surface area contributed by atoms with Gasteiger partial charge < -0.3 is 19.5 Å². The Morgan fingerprint density at radius 3 is 2.93 bits per heavy atom. The molecule has 0 aliphatic carbocycles. The van der Waals surface area contributed by atoms with E-state index in [-0.39, 0.29) is 29.0 Å². The lowest BCUT2D eigenvalue weighted by Gasteiger charge is -2.20. The number of nitrogens with zero attached hydrogens (tertiary/aromatic N) is 4. The van der Waals surface area contributed by atoms with E-state index in [1.807, 2.05) is 10.6 Å². The number of fused-ring (bicyclic) bond motifs is 1. The van der Waals surface area contributed by atoms with Crippen molar-refractivity contribution in [2.24, 2.45) is 0 Å². The van der Waals surface area contributed by atoms with Crippen molar-refractivity contribution in [3.05, 3.63) is 52.9 Å². The Balaban J connectivity index is 1.39. The lowest BCUT2D eigenvalue weighted by atomic mass is 10.1. The number of ether oxygens (including phenoxy) is 1. The fourth-order valence-corrected chi connectivity index (χ4v) is 3.80. The quantitative estimate of drug-likeness (QED) is 0.822. The summed E-state index contributed by atoms with van der Waals surface area (Å²) in [4.78, 5) is 31.2. The van der Waals surface area contributed by atoms with Gasteiger partial charge in [0.25, 0.3) is 11.8 Å². The zero-order valence-corrected chi connectivity index (χ0v) is 16.4. The summed E-state index contributed by atoms with van der Waals surface area (Å²) < 4.78 is 21.1. The van der Waals surface area contributed by atoms with Gasteiger partial charge in [-0.2, -0.15) is 5.26 Å². The second kappa shape index (κ2) is 8.63. The molecule has 0 radical (unpaired) electrons. The molecule has 2 aromatic rings. The molecule has 1 N–H and O–H groups in total. The highest BCUT2D eigenvalue weighted by atomic mass is 19.1. The highest BCUT2D eigenvalue weighted by Crippen LogP contribution is 2.16. The molecule has 1 aromatic carbocycles. The lowest BCUT2D eigenvalue weighted by Crippen LogP contribution is -2.34. The number of aromatic nitrogens is 2. The summed E-state index contributed by atoms with van der Waals surface area (Å²) in [6, 6.07) is 5.50. The smallest absolute Gasteiger partial charge is 0.271 e. The van der Waals surface area contributed by atoms with Crippen LogP contribution in [0.5, 0.6) is 0 Å². The Hall–Kier alpha value is -3.25. The van der Waals surface area contributed by atoms with E-state index in [0.717, 1.165) is 37.4 Å². The maximum atomic E-state index is 13.7. The molecule has 8 nitrogen and oxygen atoms in total. The van der Waals surface area contributed by atoms with Crippen LogP contribution in [-0.4, -0.2) is 58.6 Å². The molecule has 2 aliphatic rings. The van der Waals surface area contributed by atoms with Crippen LogP contribution < -0.4 is 5.32 Å². The van der Waals surface area contributed by atoms with Crippen LogP contribution in [0.2, 0.25) is 0 Å². The topological polar surface area (TPSA) is 100 Å². The molecule has 4 rings (SSSR count). The minimum atomic E-state index is -0.612. The van der Waals surface area contributed by atoms with Crippen LogP contribution in [0, 0.1) is 17.1 Å². The summed E-state index contributed by atoms with van der Waals surface area (Å²) in [7, 11) is 0. The Labute approximate surface area is 173 Å². The maximum Gasteiger partial charge on any atom is 0.271 e. The summed E-state index contributed by atoms with van der Waals surface area (Å²) in [6.45, 7) is 2.49. The average molecular weight is 411 g/mol. The molecule has 30 heavy (non-hydrogen) atoms. The van der Waals surface area contributed by atoms with Crippen molar-refractivity contribution in [2.75, 3.05) is 26.2 Å². The van der Waals surface area contributed by atoms with Crippen molar-refractivity contribution in [3.8, 4) is 6.07 Å². The number of benzene rings is 1. The van der Waals surface area contributed by atoms with Gasteiger partial charge in [0.05, 0.1) is 17.7 Å². The van der Waals surface area contributed by atoms with E-state index >= 15 is 0 Å². The number of hydrogen-bond acceptors (Lipinski definition) is 5. The van der Waals surface area contributed by atoms with Crippen LogP contribution in [-0.2, 0) is 17.7 Å². The van der Waals surface area contributed by atoms with Crippen molar-refractivity contribution < 1.29 is 18.7 Å². The van der Waals surface area contributed by atoms with Crippen LogP contribution in [0.3, 0.4) is 0 Å². The largest absolute Gasteiger partial charge is 0.376 e.